The summed E-state index contributed by atoms with van der Waals surface area (Å²) in [5, 5.41) is 0. The fraction of sp³-hybridized carbons (Fsp3) is 1.00. The van der Waals surface area contributed by atoms with E-state index in [4.69, 9.17) is 9.92 Å². The van der Waals surface area contributed by atoms with E-state index in [0.29, 0.717) is 13.2 Å². The molecule has 0 amide bonds. The van der Waals surface area contributed by atoms with Crippen molar-refractivity contribution in [2.45, 2.75) is 25.5 Å². The van der Waals surface area contributed by atoms with Gasteiger partial charge in [-0.3, -0.25) is 0 Å². The van der Waals surface area contributed by atoms with Crippen LogP contribution in [0.1, 0.15) is 20.8 Å². The van der Waals surface area contributed by atoms with Crippen LogP contribution in [0.2, 0.25) is 0 Å². The Morgan fingerprint density at radius 2 is 1.73 bits per heavy atom. The summed E-state index contributed by atoms with van der Waals surface area (Å²) in [7, 11) is -0.940. The number of hydrogen-bond donors (Lipinski definition) is 1. The first kappa shape index (κ1) is 11.3. The van der Waals surface area contributed by atoms with Crippen LogP contribution in [0.25, 0.3) is 0 Å². The van der Waals surface area contributed by atoms with Crippen molar-refractivity contribution in [1.29, 1.82) is 0 Å². The molecule has 0 bridgehead atoms. The second kappa shape index (κ2) is 3.78. The maximum atomic E-state index is 5.70. The van der Waals surface area contributed by atoms with Gasteiger partial charge in [0.1, 0.15) is 0 Å². The number of rotatable bonds is 3. The van der Waals surface area contributed by atoms with E-state index in [1.165, 1.54) is 0 Å². The summed E-state index contributed by atoms with van der Waals surface area (Å²) in [6.45, 7) is 7.92. The van der Waals surface area contributed by atoms with E-state index < -0.39 is 10.3 Å². The number of hydrogen-bond acceptors (Lipinski definition) is 2. The SMILES string of the molecule is CC(C)(C)S(C)(C)OCCN. The Balaban J connectivity index is 4.00. The summed E-state index contributed by atoms with van der Waals surface area (Å²) < 4.78 is 5.95. The normalized spacial score (nSPS) is 15.1. The molecule has 11 heavy (non-hydrogen) atoms. The lowest BCUT2D eigenvalue weighted by Gasteiger charge is -2.43. The standard InChI is InChI=1S/C8H21NOS/c1-8(2,3)11(4,5)10-7-6-9/h6-7,9H2,1-5H3. The zero-order chi connectivity index (χ0) is 9.12. The Morgan fingerprint density at radius 3 is 2.00 bits per heavy atom. The summed E-state index contributed by atoms with van der Waals surface area (Å²) in [6.07, 6.45) is 4.37. The first-order chi connectivity index (χ1) is 4.81. The van der Waals surface area contributed by atoms with Gasteiger partial charge >= 0.3 is 0 Å². The van der Waals surface area contributed by atoms with Crippen molar-refractivity contribution in [3.05, 3.63) is 0 Å². The molecule has 70 valence electrons. The van der Waals surface area contributed by atoms with Gasteiger partial charge < -0.3 is 9.92 Å². The average Bonchev–Trinajstić information content (AvgIpc) is 1.81. The molecule has 3 heteroatoms. The van der Waals surface area contributed by atoms with Gasteiger partial charge in [0.15, 0.2) is 0 Å². The Bertz CT molecular complexity index is 118. The van der Waals surface area contributed by atoms with Gasteiger partial charge in [-0.2, -0.15) is 0 Å². The zero-order valence-electron chi connectivity index (χ0n) is 8.31. The van der Waals surface area contributed by atoms with Crippen LogP contribution < -0.4 is 5.73 Å². The van der Waals surface area contributed by atoms with E-state index in [1.54, 1.807) is 0 Å². The lowest BCUT2D eigenvalue weighted by atomic mass is 10.3. The molecule has 0 aromatic heterocycles. The van der Waals surface area contributed by atoms with Gasteiger partial charge in [0.25, 0.3) is 0 Å². The van der Waals surface area contributed by atoms with Crippen LogP contribution in [0.3, 0.4) is 0 Å². The van der Waals surface area contributed by atoms with Gasteiger partial charge in [-0.25, -0.2) is 0 Å². The Hall–Kier alpha value is 0.270. The van der Waals surface area contributed by atoms with Gasteiger partial charge in [-0.05, 0) is 12.5 Å². The monoisotopic (exact) mass is 179 g/mol. The van der Waals surface area contributed by atoms with Gasteiger partial charge in [-0.1, -0.05) is 20.8 Å². The van der Waals surface area contributed by atoms with Crippen molar-refractivity contribution in [3.63, 3.8) is 0 Å². The molecule has 0 aliphatic carbocycles. The highest BCUT2D eigenvalue weighted by atomic mass is 32.3. The molecular formula is C8H21NOS. The molecule has 0 saturated carbocycles. The van der Waals surface area contributed by atoms with Crippen LogP contribution >= 0.6 is 10.3 Å². The van der Waals surface area contributed by atoms with Crippen molar-refractivity contribution in [2.75, 3.05) is 25.7 Å². The summed E-state index contributed by atoms with van der Waals surface area (Å²) in [5.74, 6) is 0. The largest absolute Gasteiger partial charge is 0.335 e. The minimum atomic E-state index is -0.940. The minimum absolute atomic E-state index is 0.252. The van der Waals surface area contributed by atoms with Crippen LogP contribution in [0, 0.1) is 0 Å². The molecule has 0 aliphatic rings. The van der Waals surface area contributed by atoms with Crippen molar-refractivity contribution in [2.24, 2.45) is 5.73 Å². The second-order valence-corrected chi connectivity index (χ2v) is 7.88. The van der Waals surface area contributed by atoms with Gasteiger partial charge in [-0.15, -0.1) is 10.3 Å². The van der Waals surface area contributed by atoms with E-state index in [2.05, 4.69) is 33.3 Å². The number of nitrogens with two attached hydrogens (primary N) is 1. The minimum Gasteiger partial charge on any atom is -0.335 e. The predicted molar refractivity (Wildman–Crippen MR) is 54.2 cm³/mol. The van der Waals surface area contributed by atoms with Crippen molar-refractivity contribution in [1.82, 2.24) is 0 Å². The van der Waals surface area contributed by atoms with E-state index in [0.717, 1.165) is 0 Å². The molecule has 0 heterocycles. The lowest BCUT2D eigenvalue weighted by Crippen LogP contribution is -2.26. The maximum Gasteiger partial charge on any atom is 0.0714 e. The van der Waals surface area contributed by atoms with Crippen molar-refractivity contribution >= 4 is 10.3 Å². The van der Waals surface area contributed by atoms with Gasteiger partial charge in [0.2, 0.25) is 0 Å². The highest BCUT2D eigenvalue weighted by molar-refractivity contribution is 8.29. The molecule has 2 N–H and O–H groups in total. The second-order valence-electron chi connectivity index (χ2n) is 3.96. The van der Waals surface area contributed by atoms with Crippen LogP contribution in [0.5, 0.6) is 0 Å². The van der Waals surface area contributed by atoms with Gasteiger partial charge in [0, 0.05) is 11.3 Å². The first-order valence-electron chi connectivity index (χ1n) is 3.88. The fourth-order valence-electron chi connectivity index (χ4n) is 0.433. The van der Waals surface area contributed by atoms with Crippen molar-refractivity contribution in [3.8, 4) is 0 Å². The summed E-state index contributed by atoms with van der Waals surface area (Å²) in [5.41, 5.74) is 5.37. The van der Waals surface area contributed by atoms with E-state index in [1.807, 2.05) is 0 Å². The van der Waals surface area contributed by atoms with E-state index >= 15 is 0 Å². The highest BCUT2D eigenvalue weighted by Gasteiger charge is 2.28. The summed E-state index contributed by atoms with van der Waals surface area (Å²) in [4.78, 5) is 0. The molecule has 0 unspecified atom stereocenters. The smallest absolute Gasteiger partial charge is 0.0714 e. The van der Waals surface area contributed by atoms with Crippen LogP contribution in [-0.4, -0.2) is 30.4 Å². The third kappa shape index (κ3) is 3.45. The van der Waals surface area contributed by atoms with E-state index in [9.17, 15) is 0 Å². The predicted octanol–water partition coefficient (Wildman–Crippen LogP) is 1.74. The zero-order valence-corrected chi connectivity index (χ0v) is 9.12. The molecule has 0 aromatic rings. The molecule has 0 aliphatic heterocycles. The molecule has 0 aromatic carbocycles. The molecule has 0 fully saturated rings. The molecule has 2 nitrogen and oxygen atoms in total. The van der Waals surface area contributed by atoms with Crippen LogP contribution in [-0.2, 0) is 4.18 Å². The molecule has 0 saturated heterocycles. The third-order valence-corrected chi connectivity index (χ3v) is 5.68. The fourth-order valence-corrected chi connectivity index (χ4v) is 1.30. The third-order valence-electron chi connectivity index (χ3n) is 1.97. The molecular weight excluding hydrogens is 158 g/mol. The maximum absolute atomic E-state index is 5.70. The highest BCUT2D eigenvalue weighted by Crippen LogP contribution is 2.53. The summed E-state index contributed by atoms with van der Waals surface area (Å²) in [6, 6.07) is 0. The van der Waals surface area contributed by atoms with Crippen molar-refractivity contribution < 1.29 is 4.18 Å². The van der Waals surface area contributed by atoms with Crippen LogP contribution in [0.4, 0.5) is 0 Å². The molecule has 0 spiro atoms. The quantitative estimate of drug-likeness (QED) is 0.716. The summed E-state index contributed by atoms with van der Waals surface area (Å²) >= 11 is 0. The van der Waals surface area contributed by atoms with Crippen LogP contribution in [0.15, 0.2) is 0 Å². The topological polar surface area (TPSA) is 35.2 Å². The Morgan fingerprint density at radius 1 is 1.27 bits per heavy atom. The Labute approximate surface area is 72.0 Å². The molecule has 0 atom stereocenters. The molecule has 0 radical (unpaired) electrons. The van der Waals surface area contributed by atoms with Gasteiger partial charge in [0.05, 0.1) is 6.61 Å². The Kier molecular flexibility index (Phi) is 3.88. The lowest BCUT2D eigenvalue weighted by molar-refractivity contribution is 0.361. The average molecular weight is 179 g/mol. The van der Waals surface area contributed by atoms with E-state index in [-0.39, 0.29) is 4.75 Å². The molecule has 0 rings (SSSR count). The first-order valence-corrected chi connectivity index (χ1v) is 6.26.